The highest BCUT2D eigenvalue weighted by Crippen LogP contribution is 2.35. The van der Waals surface area contributed by atoms with E-state index in [0.717, 1.165) is 68.5 Å². The molecule has 2 aromatic heterocycles. The molecule has 1 saturated carbocycles. The molecule has 0 saturated heterocycles. The van der Waals surface area contributed by atoms with Gasteiger partial charge in [-0.3, -0.25) is 5.10 Å². The normalized spacial score (nSPS) is 13.2. The first kappa shape index (κ1) is 25.9. The zero-order chi connectivity index (χ0) is 28.5. The van der Waals surface area contributed by atoms with Crippen LogP contribution in [0, 0.1) is 5.82 Å². The first-order chi connectivity index (χ1) is 20.6. The van der Waals surface area contributed by atoms with Gasteiger partial charge in [-0.2, -0.15) is 5.10 Å². The van der Waals surface area contributed by atoms with E-state index in [1.807, 2.05) is 24.3 Å². The van der Waals surface area contributed by atoms with Gasteiger partial charge in [-0.25, -0.2) is 4.39 Å². The van der Waals surface area contributed by atoms with Gasteiger partial charge >= 0.3 is 0 Å². The molecule has 1 fully saturated rings. The molecule has 0 unspecified atom stereocenters. The average molecular weight is 551 g/mol. The summed E-state index contributed by atoms with van der Waals surface area (Å²) < 4.78 is 13.6. The van der Waals surface area contributed by atoms with Crippen LogP contribution in [0.5, 0.6) is 0 Å². The lowest BCUT2D eigenvalue weighted by Crippen LogP contribution is -2.16. The fourth-order valence-electron chi connectivity index (χ4n) is 5.46. The summed E-state index contributed by atoms with van der Waals surface area (Å²) >= 11 is 0. The summed E-state index contributed by atoms with van der Waals surface area (Å²) in [5, 5.41) is 13.6. The van der Waals surface area contributed by atoms with Gasteiger partial charge in [-0.15, -0.1) is 0 Å². The number of hydrogen-bond acceptors (Lipinski definition) is 2. The predicted molar refractivity (Wildman–Crippen MR) is 171 cm³/mol. The topological polar surface area (TPSA) is 56.5 Å². The molecule has 6 aromatic rings. The lowest BCUT2D eigenvalue weighted by Gasteiger charge is -2.08. The Morgan fingerprint density at radius 2 is 1.71 bits per heavy atom. The van der Waals surface area contributed by atoms with Crippen LogP contribution in [0.2, 0.25) is 0 Å². The highest BCUT2D eigenvalue weighted by molar-refractivity contribution is 6.01. The van der Waals surface area contributed by atoms with Gasteiger partial charge in [0.2, 0.25) is 0 Å². The number of aromatic nitrogens is 3. The van der Waals surface area contributed by atoms with Crippen molar-refractivity contribution in [1.29, 1.82) is 0 Å². The zero-order valence-electron chi connectivity index (χ0n) is 23.3. The van der Waals surface area contributed by atoms with E-state index >= 15 is 0 Å². The molecule has 4 aromatic carbocycles. The van der Waals surface area contributed by atoms with E-state index in [2.05, 4.69) is 99.9 Å². The first-order valence-corrected chi connectivity index (χ1v) is 14.3. The van der Waals surface area contributed by atoms with E-state index in [9.17, 15) is 4.39 Å². The van der Waals surface area contributed by atoms with Crippen LogP contribution < -0.4 is 5.32 Å². The van der Waals surface area contributed by atoms with Gasteiger partial charge in [0, 0.05) is 29.4 Å². The largest absolute Gasteiger partial charge is 0.353 e. The summed E-state index contributed by atoms with van der Waals surface area (Å²) in [6.45, 7) is 6.04. The van der Waals surface area contributed by atoms with Crippen molar-refractivity contribution < 1.29 is 4.39 Å². The number of allylic oxidation sites excluding steroid dienone is 3. The number of nitrogens with zero attached hydrogens (tertiary/aromatic N) is 1. The molecule has 1 aliphatic rings. The van der Waals surface area contributed by atoms with Gasteiger partial charge in [-0.1, -0.05) is 85.0 Å². The van der Waals surface area contributed by atoms with Gasteiger partial charge in [0.15, 0.2) is 0 Å². The second-order valence-electron chi connectivity index (χ2n) is 10.9. The van der Waals surface area contributed by atoms with Crippen molar-refractivity contribution >= 4 is 27.4 Å². The third kappa shape index (κ3) is 5.47. The maximum atomic E-state index is 13.6. The van der Waals surface area contributed by atoms with E-state index in [4.69, 9.17) is 0 Å². The maximum absolute atomic E-state index is 13.6. The first-order valence-electron chi connectivity index (χ1n) is 14.3. The monoisotopic (exact) mass is 550 g/mol. The van der Waals surface area contributed by atoms with Crippen LogP contribution in [0.15, 0.2) is 127 Å². The SMILES string of the molecule is C=C(/C=C(\C=C1CC1)CNCc1ccccc1)c1ccc2[nH]nc(-c3cc4c(-c5ccc(F)cc5)cccc4[nH]3)c2c1. The van der Waals surface area contributed by atoms with Crippen molar-refractivity contribution in [2.75, 3.05) is 6.54 Å². The molecule has 1 aliphatic carbocycles. The van der Waals surface area contributed by atoms with E-state index in [1.165, 1.54) is 41.7 Å². The molecule has 7 rings (SSSR count). The Labute approximate surface area is 244 Å². The van der Waals surface area contributed by atoms with Gasteiger partial charge in [0.1, 0.15) is 11.5 Å². The molecule has 42 heavy (non-hydrogen) atoms. The summed E-state index contributed by atoms with van der Waals surface area (Å²) in [5.41, 5.74) is 11.8. The Kier molecular flexibility index (Phi) is 6.86. The van der Waals surface area contributed by atoms with Crippen LogP contribution in [0.3, 0.4) is 0 Å². The van der Waals surface area contributed by atoms with Crippen LogP contribution in [-0.2, 0) is 6.54 Å². The van der Waals surface area contributed by atoms with Crippen molar-refractivity contribution in [3.63, 3.8) is 0 Å². The van der Waals surface area contributed by atoms with Gasteiger partial charge in [0.05, 0.1) is 11.2 Å². The third-order valence-corrected chi connectivity index (χ3v) is 7.80. The van der Waals surface area contributed by atoms with Gasteiger partial charge in [-0.05, 0) is 82.6 Å². The Balaban J connectivity index is 1.18. The lowest BCUT2D eigenvalue weighted by atomic mass is 10.0. The number of hydrogen-bond donors (Lipinski definition) is 3. The molecule has 4 nitrogen and oxygen atoms in total. The fourth-order valence-corrected chi connectivity index (χ4v) is 5.46. The van der Waals surface area contributed by atoms with E-state index in [0.29, 0.717) is 0 Å². The number of nitrogens with one attached hydrogen (secondary N) is 3. The fraction of sp³-hybridized carbons (Fsp3) is 0.108. The van der Waals surface area contributed by atoms with Crippen molar-refractivity contribution in [3.8, 4) is 22.5 Å². The number of rotatable bonds is 9. The van der Waals surface area contributed by atoms with Crippen LogP contribution in [-0.4, -0.2) is 21.7 Å². The van der Waals surface area contributed by atoms with Crippen LogP contribution in [0.1, 0.15) is 24.0 Å². The molecule has 0 spiro atoms. The number of fused-ring (bicyclic) bond motifs is 2. The zero-order valence-corrected chi connectivity index (χ0v) is 23.3. The Morgan fingerprint density at radius 1 is 0.881 bits per heavy atom. The second-order valence-corrected chi connectivity index (χ2v) is 10.9. The summed E-state index contributed by atoms with van der Waals surface area (Å²) in [4.78, 5) is 3.55. The van der Waals surface area contributed by atoms with Crippen LogP contribution >= 0.6 is 0 Å². The van der Waals surface area contributed by atoms with Crippen molar-refractivity contribution in [2.45, 2.75) is 19.4 Å². The number of aromatic amines is 2. The number of halogens is 1. The molecule has 0 atom stereocenters. The van der Waals surface area contributed by atoms with Crippen molar-refractivity contribution in [1.82, 2.24) is 20.5 Å². The average Bonchev–Trinajstić information content (AvgIpc) is 3.55. The van der Waals surface area contributed by atoms with E-state index in [-0.39, 0.29) is 5.82 Å². The summed E-state index contributed by atoms with van der Waals surface area (Å²) in [6.07, 6.45) is 6.87. The molecule has 0 aliphatic heterocycles. The molecule has 3 N–H and O–H groups in total. The van der Waals surface area contributed by atoms with E-state index in [1.54, 1.807) is 0 Å². The molecule has 0 radical (unpaired) electrons. The molecular formula is C37H31FN4. The molecule has 0 amide bonds. The Hall–Kier alpha value is -5.00. The quantitative estimate of drug-likeness (QED) is 0.157. The molecule has 5 heteroatoms. The molecule has 2 heterocycles. The minimum Gasteiger partial charge on any atom is -0.353 e. The van der Waals surface area contributed by atoms with Gasteiger partial charge in [0.25, 0.3) is 0 Å². The number of benzene rings is 4. The second kappa shape index (κ2) is 11.1. The lowest BCUT2D eigenvalue weighted by molar-refractivity contribution is 0.628. The highest BCUT2D eigenvalue weighted by Gasteiger charge is 2.15. The van der Waals surface area contributed by atoms with Crippen LogP contribution in [0.25, 0.3) is 49.9 Å². The van der Waals surface area contributed by atoms with Crippen molar-refractivity contribution in [2.24, 2.45) is 0 Å². The van der Waals surface area contributed by atoms with Crippen molar-refractivity contribution in [3.05, 3.63) is 144 Å². The standard InChI is InChI=1S/C37H31FN4/c1-24(18-27(19-25-10-11-25)23-39-22-26-6-3-2-4-7-26)29-14-17-35-33(20-29)37(42-41-35)36-21-32-31(8-5-9-34(32)40-36)28-12-15-30(38)16-13-28/h2-9,12-21,39-40H,1,10-11,22-23H2,(H,41,42)/b27-18+. The summed E-state index contributed by atoms with van der Waals surface area (Å²) in [5.74, 6) is -0.240. The number of H-pyrrole nitrogens is 2. The minimum atomic E-state index is -0.240. The van der Waals surface area contributed by atoms with Crippen LogP contribution in [0.4, 0.5) is 4.39 Å². The van der Waals surface area contributed by atoms with Gasteiger partial charge < -0.3 is 10.3 Å². The predicted octanol–water partition coefficient (Wildman–Crippen LogP) is 8.97. The third-order valence-electron chi connectivity index (χ3n) is 7.80. The minimum absolute atomic E-state index is 0.240. The molecule has 206 valence electrons. The highest BCUT2D eigenvalue weighted by atomic mass is 19.1. The smallest absolute Gasteiger partial charge is 0.123 e. The molecule has 0 bridgehead atoms. The maximum Gasteiger partial charge on any atom is 0.123 e. The van der Waals surface area contributed by atoms with E-state index < -0.39 is 0 Å². The summed E-state index contributed by atoms with van der Waals surface area (Å²) in [7, 11) is 0. The molecular weight excluding hydrogens is 519 g/mol. The summed E-state index contributed by atoms with van der Waals surface area (Å²) in [6, 6.07) is 31.7. The Morgan fingerprint density at radius 3 is 2.52 bits per heavy atom. The Bertz CT molecular complexity index is 1970.